The van der Waals surface area contributed by atoms with Gasteiger partial charge in [-0.2, -0.15) is 0 Å². The number of hydrogen-bond acceptors (Lipinski definition) is 0. The maximum atomic E-state index is 2.36. The van der Waals surface area contributed by atoms with Gasteiger partial charge in [0.05, 0.1) is 0 Å². The fourth-order valence-electron chi connectivity index (χ4n) is 3.93. The molecule has 5 rings (SSSR count). The van der Waals surface area contributed by atoms with E-state index in [2.05, 4.69) is 97.1 Å². The molecule has 0 amide bonds. The lowest BCUT2D eigenvalue weighted by atomic mass is 9.84. The minimum atomic E-state index is 0.993. The van der Waals surface area contributed by atoms with Crippen LogP contribution in [0.4, 0.5) is 0 Å². The number of benzene rings is 4. The fourth-order valence-corrected chi connectivity index (χ4v) is 3.93. The average molecular weight is 318 g/mol. The first kappa shape index (κ1) is 14.2. The summed E-state index contributed by atoms with van der Waals surface area (Å²) in [4.78, 5) is 0. The van der Waals surface area contributed by atoms with Gasteiger partial charge in [0.1, 0.15) is 0 Å². The third kappa shape index (κ3) is 2.38. The normalized spacial score (nSPS) is 12.9. The van der Waals surface area contributed by atoms with Crippen molar-refractivity contribution in [1.29, 1.82) is 0 Å². The van der Waals surface area contributed by atoms with Gasteiger partial charge in [0.2, 0.25) is 0 Å². The van der Waals surface area contributed by atoms with Crippen molar-refractivity contribution in [2.24, 2.45) is 0 Å². The first-order chi connectivity index (χ1) is 12.4. The van der Waals surface area contributed by atoms with Gasteiger partial charge < -0.3 is 0 Å². The molecule has 0 heterocycles. The van der Waals surface area contributed by atoms with Gasteiger partial charge in [-0.15, -0.1) is 0 Å². The third-order valence-electron chi connectivity index (χ3n) is 5.10. The van der Waals surface area contributed by atoms with E-state index in [-0.39, 0.29) is 0 Å². The van der Waals surface area contributed by atoms with Crippen LogP contribution < -0.4 is 0 Å². The SMILES string of the molecule is C1=C(c2ccccc2)Cc2cccc3c(-c4ccccc4)ccc1c23. The Balaban J connectivity index is 1.74. The van der Waals surface area contributed by atoms with E-state index in [0.29, 0.717) is 0 Å². The van der Waals surface area contributed by atoms with Crippen LogP contribution in [0.3, 0.4) is 0 Å². The highest BCUT2D eigenvalue weighted by Crippen LogP contribution is 2.39. The molecule has 0 N–H and O–H groups in total. The largest absolute Gasteiger partial charge is 0.0622 e. The van der Waals surface area contributed by atoms with Crippen LogP contribution >= 0.6 is 0 Å². The molecule has 0 atom stereocenters. The Morgan fingerprint density at radius 2 is 1.28 bits per heavy atom. The van der Waals surface area contributed by atoms with Gasteiger partial charge in [-0.3, -0.25) is 0 Å². The Hall–Kier alpha value is -3.12. The highest BCUT2D eigenvalue weighted by molar-refractivity contribution is 6.07. The summed E-state index contributed by atoms with van der Waals surface area (Å²) >= 11 is 0. The molecule has 0 aromatic heterocycles. The highest BCUT2D eigenvalue weighted by Gasteiger charge is 2.16. The second-order valence-electron chi connectivity index (χ2n) is 6.62. The molecule has 0 unspecified atom stereocenters. The van der Waals surface area contributed by atoms with E-state index in [0.717, 1.165) is 6.42 Å². The van der Waals surface area contributed by atoms with Crippen molar-refractivity contribution in [1.82, 2.24) is 0 Å². The maximum Gasteiger partial charge on any atom is -0.00132 e. The van der Waals surface area contributed by atoms with Crippen LogP contribution in [-0.4, -0.2) is 0 Å². The summed E-state index contributed by atoms with van der Waals surface area (Å²) in [5, 5.41) is 2.76. The zero-order valence-electron chi connectivity index (χ0n) is 13.9. The molecule has 1 aliphatic carbocycles. The second-order valence-corrected chi connectivity index (χ2v) is 6.62. The Bertz CT molecular complexity index is 1090. The molecule has 0 saturated carbocycles. The van der Waals surface area contributed by atoms with E-state index in [4.69, 9.17) is 0 Å². The van der Waals surface area contributed by atoms with Gasteiger partial charge in [-0.05, 0) is 50.6 Å². The van der Waals surface area contributed by atoms with E-state index >= 15 is 0 Å². The van der Waals surface area contributed by atoms with Crippen molar-refractivity contribution in [2.45, 2.75) is 6.42 Å². The molecular weight excluding hydrogens is 300 g/mol. The van der Waals surface area contributed by atoms with E-state index in [1.807, 2.05) is 0 Å². The average Bonchev–Trinajstić information content (AvgIpc) is 2.70. The van der Waals surface area contributed by atoms with Crippen LogP contribution in [0.2, 0.25) is 0 Å². The van der Waals surface area contributed by atoms with Gasteiger partial charge in [-0.1, -0.05) is 97.1 Å². The molecule has 0 nitrogen and oxygen atoms in total. The summed E-state index contributed by atoms with van der Waals surface area (Å²) in [7, 11) is 0. The summed E-state index contributed by atoms with van der Waals surface area (Å²) in [5.74, 6) is 0. The lowest BCUT2D eigenvalue weighted by Crippen LogP contribution is -1.99. The minimum absolute atomic E-state index is 0.993. The first-order valence-electron chi connectivity index (χ1n) is 8.76. The zero-order valence-corrected chi connectivity index (χ0v) is 13.9. The summed E-state index contributed by atoms with van der Waals surface area (Å²) in [5.41, 5.74) is 8.06. The van der Waals surface area contributed by atoms with Crippen molar-refractivity contribution in [3.8, 4) is 11.1 Å². The van der Waals surface area contributed by atoms with Crippen LogP contribution in [0.5, 0.6) is 0 Å². The lowest BCUT2D eigenvalue weighted by molar-refractivity contribution is 1.30. The summed E-state index contributed by atoms with van der Waals surface area (Å²) in [6.07, 6.45) is 3.35. The van der Waals surface area contributed by atoms with E-state index in [1.54, 1.807) is 0 Å². The van der Waals surface area contributed by atoms with Crippen molar-refractivity contribution in [3.05, 3.63) is 108 Å². The molecule has 0 bridgehead atoms. The van der Waals surface area contributed by atoms with Crippen LogP contribution in [0.25, 0.3) is 33.5 Å². The third-order valence-corrected chi connectivity index (χ3v) is 5.10. The summed E-state index contributed by atoms with van der Waals surface area (Å²) < 4.78 is 0. The predicted molar refractivity (Wildman–Crippen MR) is 107 cm³/mol. The minimum Gasteiger partial charge on any atom is -0.0622 e. The number of allylic oxidation sites excluding steroid dienone is 1. The number of hydrogen-bond donors (Lipinski definition) is 0. The van der Waals surface area contributed by atoms with Gasteiger partial charge in [-0.25, -0.2) is 0 Å². The van der Waals surface area contributed by atoms with Crippen LogP contribution in [0.15, 0.2) is 91.0 Å². The second kappa shape index (κ2) is 5.75. The molecule has 25 heavy (non-hydrogen) atoms. The van der Waals surface area contributed by atoms with Crippen molar-refractivity contribution >= 4 is 22.4 Å². The quantitative estimate of drug-likeness (QED) is 0.390. The molecule has 1 aliphatic rings. The van der Waals surface area contributed by atoms with Crippen LogP contribution in [-0.2, 0) is 6.42 Å². The summed E-state index contributed by atoms with van der Waals surface area (Å²) in [6.45, 7) is 0. The van der Waals surface area contributed by atoms with Gasteiger partial charge >= 0.3 is 0 Å². The van der Waals surface area contributed by atoms with Gasteiger partial charge in [0.15, 0.2) is 0 Å². The van der Waals surface area contributed by atoms with Crippen molar-refractivity contribution in [2.75, 3.05) is 0 Å². The molecule has 118 valence electrons. The van der Waals surface area contributed by atoms with E-state index in [1.165, 1.54) is 44.2 Å². The zero-order chi connectivity index (χ0) is 16.6. The maximum absolute atomic E-state index is 2.36. The highest BCUT2D eigenvalue weighted by atomic mass is 14.2. The molecular formula is C25H18. The molecule has 4 aromatic rings. The van der Waals surface area contributed by atoms with E-state index in [9.17, 15) is 0 Å². The summed E-state index contributed by atoms with van der Waals surface area (Å²) in [6, 6.07) is 32.7. The van der Waals surface area contributed by atoms with E-state index < -0.39 is 0 Å². The van der Waals surface area contributed by atoms with Crippen molar-refractivity contribution in [3.63, 3.8) is 0 Å². The molecule has 0 aliphatic heterocycles. The first-order valence-corrected chi connectivity index (χ1v) is 8.76. The molecule has 4 aromatic carbocycles. The Morgan fingerprint density at radius 1 is 0.560 bits per heavy atom. The molecule has 0 fully saturated rings. The van der Waals surface area contributed by atoms with Crippen LogP contribution in [0.1, 0.15) is 16.7 Å². The lowest BCUT2D eigenvalue weighted by Gasteiger charge is -2.20. The standard InChI is InChI=1S/C25H18/c1-3-8-18(9-4-1)22-16-20-12-7-13-24-23(19-10-5-2-6-11-19)15-14-21(17-22)25(20)24/h1-15,17H,16H2. The van der Waals surface area contributed by atoms with Crippen LogP contribution in [0, 0.1) is 0 Å². The molecule has 0 radical (unpaired) electrons. The Morgan fingerprint density at radius 3 is 2.04 bits per heavy atom. The smallest absolute Gasteiger partial charge is 0.00132 e. The topological polar surface area (TPSA) is 0 Å². The molecule has 0 heteroatoms. The Kier molecular flexibility index (Phi) is 3.28. The predicted octanol–water partition coefficient (Wildman–Crippen LogP) is 6.60. The monoisotopic (exact) mass is 318 g/mol. The fraction of sp³-hybridized carbons (Fsp3) is 0.0400. The van der Waals surface area contributed by atoms with Crippen molar-refractivity contribution < 1.29 is 0 Å². The Labute approximate surface area is 148 Å². The molecule has 0 saturated heterocycles. The van der Waals surface area contributed by atoms with Gasteiger partial charge in [0.25, 0.3) is 0 Å². The molecule has 0 spiro atoms. The van der Waals surface area contributed by atoms with Gasteiger partial charge in [0, 0.05) is 0 Å². The number of rotatable bonds is 2.